The first kappa shape index (κ1) is 10.0. The fraction of sp³-hybridized carbons (Fsp3) is 0. The van der Waals surface area contributed by atoms with Crippen LogP contribution in [0.15, 0.2) is 0 Å². The summed E-state index contributed by atoms with van der Waals surface area (Å²) in [5, 5.41) is 0. The van der Waals surface area contributed by atoms with Gasteiger partial charge in [-0.25, -0.2) is 0 Å². The minimum Gasteiger partial charge on any atom is -1.00 e. The van der Waals surface area contributed by atoms with Gasteiger partial charge in [-0.15, -0.1) is 0 Å². The SMILES string of the molecule is O=[AsH](O)O.[H-].[K+]. The Morgan fingerprint density at radius 1 is 1.60 bits per heavy atom. The third-order valence-electron chi connectivity index (χ3n) is 0. The summed E-state index contributed by atoms with van der Waals surface area (Å²) >= 11 is -3.58. The molecule has 0 saturated heterocycles. The van der Waals surface area contributed by atoms with Crippen molar-refractivity contribution in [2.24, 2.45) is 0 Å². The van der Waals surface area contributed by atoms with Crippen LogP contribution in [0.4, 0.5) is 0 Å². The molecule has 0 spiro atoms. The molecular formula is H4AsKO3. The summed E-state index contributed by atoms with van der Waals surface area (Å²) in [6, 6.07) is 0. The van der Waals surface area contributed by atoms with Crippen molar-refractivity contribution in [1.82, 2.24) is 0 Å². The molecule has 0 amide bonds. The maximum atomic E-state index is 8.81. The van der Waals surface area contributed by atoms with E-state index in [9.17, 15) is 0 Å². The molecule has 0 aromatic rings. The van der Waals surface area contributed by atoms with E-state index >= 15 is 0 Å². The molecule has 0 radical (unpaired) electrons. The topological polar surface area (TPSA) is 57.5 Å². The summed E-state index contributed by atoms with van der Waals surface area (Å²) < 4.78 is 23.2. The van der Waals surface area contributed by atoms with E-state index in [4.69, 9.17) is 11.9 Å². The molecule has 0 unspecified atom stereocenters. The Morgan fingerprint density at radius 3 is 1.60 bits per heavy atom. The van der Waals surface area contributed by atoms with Gasteiger partial charge in [-0.1, -0.05) is 0 Å². The van der Waals surface area contributed by atoms with Gasteiger partial charge in [0.2, 0.25) is 0 Å². The largest absolute Gasteiger partial charge is 1.00 e. The maximum absolute atomic E-state index is 8.81. The quantitative estimate of drug-likeness (QED) is 0.355. The number of hydrogen-bond acceptors (Lipinski definition) is 1. The average Bonchev–Trinajstić information content (AvgIpc) is 0.811. The van der Waals surface area contributed by atoms with E-state index in [-0.39, 0.29) is 52.8 Å². The molecule has 5 heavy (non-hydrogen) atoms. The van der Waals surface area contributed by atoms with Gasteiger partial charge in [0, 0.05) is 0 Å². The van der Waals surface area contributed by atoms with Crippen molar-refractivity contribution in [3.63, 3.8) is 0 Å². The first-order valence-corrected chi connectivity index (χ1v) is 3.38. The molecule has 0 aliphatic heterocycles. The molecule has 0 atom stereocenters. The first-order chi connectivity index (χ1) is 1.73. The third-order valence-corrected chi connectivity index (χ3v) is 0. The van der Waals surface area contributed by atoms with Gasteiger partial charge in [-0.05, 0) is 0 Å². The summed E-state index contributed by atoms with van der Waals surface area (Å²) in [6.07, 6.45) is 0. The van der Waals surface area contributed by atoms with Crippen molar-refractivity contribution in [2.75, 3.05) is 0 Å². The minimum absolute atomic E-state index is 0. The van der Waals surface area contributed by atoms with E-state index in [1.807, 2.05) is 0 Å². The minimum atomic E-state index is -3.58. The second-order valence-electron chi connectivity index (χ2n) is 0.283. The van der Waals surface area contributed by atoms with E-state index < -0.39 is 15.3 Å². The van der Waals surface area contributed by atoms with Crippen LogP contribution in [0.2, 0.25) is 0 Å². The normalized spacial score (nSPS) is 7.00. The number of rotatable bonds is 0. The number of hydrogen-bond donors (Lipinski definition) is 2. The molecule has 0 rings (SSSR count). The molecule has 0 aliphatic rings. The predicted octanol–water partition coefficient (Wildman–Crippen LogP) is -4.76. The smallest absolute Gasteiger partial charge is 1.00 e. The zero-order valence-electron chi connectivity index (χ0n) is 3.80. The molecule has 0 fully saturated rings. The van der Waals surface area contributed by atoms with Gasteiger partial charge < -0.3 is 1.43 Å². The predicted molar refractivity (Wildman–Crippen MR) is 13.4 cm³/mol. The van der Waals surface area contributed by atoms with E-state index in [1.54, 1.807) is 0 Å². The fourth-order valence-electron chi connectivity index (χ4n) is 0. The molecule has 3 nitrogen and oxygen atoms in total. The Labute approximate surface area is 78.5 Å². The van der Waals surface area contributed by atoms with Gasteiger partial charge in [0.05, 0.1) is 0 Å². The van der Waals surface area contributed by atoms with Crippen LogP contribution in [0.3, 0.4) is 0 Å². The van der Waals surface area contributed by atoms with Gasteiger partial charge >= 0.3 is 78.6 Å². The van der Waals surface area contributed by atoms with Crippen LogP contribution >= 0.6 is 0 Å². The summed E-state index contributed by atoms with van der Waals surface area (Å²) in [5.41, 5.74) is 0. The average molecular weight is 166 g/mol. The summed E-state index contributed by atoms with van der Waals surface area (Å²) in [6.45, 7) is 0. The van der Waals surface area contributed by atoms with Crippen LogP contribution in [0.1, 0.15) is 1.43 Å². The second kappa shape index (κ2) is 5.91. The third kappa shape index (κ3) is 24.7. The van der Waals surface area contributed by atoms with Crippen LogP contribution in [-0.4, -0.2) is 23.5 Å². The van der Waals surface area contributed by atoms with E-state index in [0.717, 1.165) is 0 Å². The van der Waals surface area contributed by atoms with E-state index in [0.29, 0.717) is 0 Å². The van der Waals surface area contributed by atoms with Crippen LogP contribution in [-0.2, 0) is 3.74 Å². The Morgan fingerprint density at radius 2 is 1.60 bits per heavy atom. The molecule has 0 aromatic heterocycles. The van der Waals surface area contributed by atoms with Gasteiger partial charge in [0.15, 0.2) is 0 Å². The molecule has 0 aromatic carbocycles. The van der Waals surface area contributed by atoms with Crippen molar-refractivity contribution < 1.29 is 64.7 Å². The molecule has 5 heteroatoms. The van der Waals surface area contributed by atoms with Crippen molar-refractivity contribution in [1.29, 1.82) is 0 Å². The molecule has 2 N–H and O–H groups in total. The molecular weight excluding hydrogens is 162 g/mol. The Bertz CT molecular complexity index is 33.8. The standard InChI is InChI=1S/AsH3O3.K.H/c2-1(3)4;;/h1H,(H2,2,3,4);;/q;+1;-1. The molecule has 0 saturated carbocycles. The summed E-state index contributed by atoms with van der Waals surface area (Å²) in [5.74, 6) is 0. The van der Waals surface area contributed by atoms with Gasteiger partial charge in [-0.2, -0.15) is 0 Å². The summed E-state index contributed by atoms with van der Waals surface area (Å²) in [4.78, 5) is 0. The van der Waals surface area contributed by atoms with Crippen molar-refractivity contribution in [3.05, 3.63) is 0 Å². The van der Waals surface area contributed by atoms with Crippen LogP contribution in [0.25, 0.3) is 0 Å². The zero-order valence-corrected chi connectivity index (χ0v) is 8.02. The van der Waals surface area contributed by atoms with Crippen LogP contribution in [0.5, 0.6) is 0 Å². The molecule has 0 bridgehead atoms. The Kier molecular flexibility index (Phi) is 11.8. The first-order valence-electron chi connectivity index (χ1n) is 0.651. The second-order valence-corrected chi connectivity index (χ2v) is 1.47. The Hall–Kier alpha value is 1.91. The van der Waals surface area contributed by atoms with Crippen molar-refractivity contribution in [3.8, 4) is 0 Å². The fourth-order valence-corrected chi connectivity index (χ4v) is 0. The maximum Gasteiger partial charge on any atom is 1.00 e. The van der Waals surface area contributed by atoms with Crippen molar-refractivity contribution in [2.45, 2.75) is 0 Å². The van der Waals surface area contributed by atoms with Crippen LogP contribution < -0.4 is 51.4 Å². The molecule has 0 heterocycles. The zero-order chi connectivity index (χ0) is 3.58. The molecule has 28 valence electrons. The van der Waals surface area contributed by atoms with Crippen molar-refractivity contribution >= 4 is 15.3 Å². The Balaban J connectivity index is -0.0000000450. The summed E-state index contributed by atoms with van der Waals surface area (Å²) in [7, 11) is 0. The van der Waals surface area contributed by atoms with Gasteiger partial charge in [0.25, 0.3) is 0 Å². The van der Waals surface area contributed by atoms with E-state index in [2.05, 4.69) is 0 Å². The van der Waals surface area contributed by atoms with E-state index in [1.165, 1.54) is 0 Å². The monoisotopic (exact) mass is 166 g/mol. The van der Waals surface area contributed by atoms with Crippen LogP contribution in [0, 0.1) is 0 Å². The van der Waals surface area contributed by atoms with Gasteiger partial charge in [0.1, 0.15) is 0 Å². The molecule has 0 aliphatic carbocycles. The van der Waals surface area contributed by atoms with Gasteiger partial charge in [-0.3, -0.25) is 0 Å².